The Morgan fingerprint density at radius 1 is 0.710 bits per heavy atom. The smallest absolute Gasteiger partial charge is 0.128 e. The zero-order valence-electron chi connectivity index (χ0n) is 19.7. The summed E-state index contributed by atoms with van der Waals surface area (Å²) in [5, 5.41) is 0. The number of epoxide rings is 2. The van der Waals surface area contributed by atoms with Gasteiger partial charge < -0.3 is 18.9 Å². The van der Waals surface area contributed by atoms with Crippen LogP contribution in [0.1, 0.15) is 65.5 Å². The average molecular weight is 425 g/mol. The molecule has 0 bridgehead atoms. The molecule has 2 aliphatic heterocycles. The fourth-order valence-corrected chi connectivity index (χ4v) is 4.40. The highest BCUT2D eigenvalue weighted by molar-refractivity contribution is 5.42. The molecule has 0 aromatic heterocycles. The van der Waals surface area contributed by atoms with Crippen LogP contribution in [0, 0.1) is 0 Å². The molecule has 31 heavy (non-hydrogen) atoms. The molecule has 4 unspecified atom stereocenters. The summed E-state index contributed by atoms with van der Waals surface area (Å²) in [6, 6.07) is 16.9. The van der Waals surface area contributed by atoms with Gasteiger partial charge in [0.1, 0.15) is 35.9 Å². The quantitative estimate of drug-likeness (QED) is 0.445. The summed E-state index contributed by atoms with van der Waals surface area (Å²) in [6.07, 6.45) is 2.53. The first-order chi connectivity index (χ1) is 14.7. The first-order valence-corrected chi connectivity index (χ1v) is 11.6. The highest BCUT2D eigenvalue weighted by Crippen LogP contribution is 2.41. The van der Waals surface area contributed by atoms with Crippen LogP contribution in [0.25, 0.3) is 0 Å². The van der Waals surface area contributed by atoms with E-state index in [9.17, 15) is 0 Å². The fourth-order valence-electron chi connectivity index (χ4n) is 4.40. The zero-order valence-corrected chi connectivity index (χ0v) is 19.7. The topological polar surface area (TPSA) is 43.5 Å². The van der Waals surface area contributed by atoms with Gasteiger partial charge in [0.15, 0.2) is 0 Å². The Hall–Kier alpha value is -2.04. The van der Waals surface area contributed by atoms with Crippen LogP contribution in [0.5, 0.6) is 11.5 Å². The van der Waals surface area contributed by atoms with E-state index in [0.29, 0.717) is 13.2 Å². The summed E-state index contributed by atoms with van der Waals surface area (Å²) in [4.78, 5) is 0. The Morgan fingerprint density at radius 3 is 1.29 bits per heavy atom. The number of benzene rings is 2. The van der Waals surface area contributed by atoms with Crippen molar-refractivity contribution in [2.75, 3.05) is 13.2 Å². The summed E-state index contributed by atoms with van der Waals surface area (Å²) in [5.41, 5.74) is 2.19. The van der Waals surface area contributed by atoms with Gasteiger partial charge in [-0.1, -0.05) is 52.0 Å². The van der Waals surface area contributed by atoms with Crippen LogP contribution in [0.15, 0.2) is 48.5 Å². The van der Waals surface area contributed by atoms with Gasteiger partial charge in [0.25, 0.3) is 0 Å². The summed E-state index contributed by atoms with van der Waals surface area (Å²) in [7, 11) is 0. The predicted molar refractivity (Wildman–Crippen MR) is 123 cm³/mol. The molecular formula is C27H36O4. The molecule has 0 saturated carbocycles. The van der Waals surface area contributed by atoms with E-state index < -0.39 is 0 Å². The summed E-state index contributed by atoms with van der Waals surface area (Å²) in [5.74, 6) is 1.78. The molecule has 2 aromatic rings. The van der Waals surface area contributed by atoms with Crippen LogP contribution in [0.3, 0.4) is 0 Å². The minimum Gasteiger partial charge on any atom is -0.490 e. The number of hydrogen-bond donors (Lipinski definition) is 0. The standard InChI is InChI=1S/C27H36O4/c1-7-26(19(3)30-26)17-28-23-13-9-21(10-14-23)25(5,6)22-11-15-24(16-12-22)29-18-27(8-2)20(4)31-27/h9-16,19-20H,7-8,17-18H2,1-6H3. The van der Waals surface area contributed by atoms with Crippen molar-refractivity contribution in [2.24, 2.45) is 0 Å². The minimum absolute atomic E-state index is 0.0950. The van der Waals surface area contributed by atoms with Crippen molar-refractivity contribution in [3.63, 3.8) is 0 Å². The molecule has 4 heteroatoms. The molecule has 168 valence electrons. The zero-order chi connectivity index (χ0) is 22.3. The van der Waals surface area contributed by atoms with Gasteiger partial charge in [-0.05, 0) is 62.1 Å². The van der Waals surface area contributed by atoms with Crippen LogP contribution in [-0.2, 0) is 14.9 Å². The second-order valence-electron chi connectivity index (χ2n) is 9.61. The van der Waals surface area contributed by atoms with E-state index in [1.165, 1.54) is 11.1 Å². The van der Waals surface area contributed by atoms with Gasteiger partial charge in [0, 0.05) is 5.41 Å². The Labute approximate surface area is 186 Å². The molecule has 0 radical (unpaired) electrons. The van der Waals surface area contributed by atoms with E-state index in [0.717, 1.165) is 24.3 Å². The molecule has 2 aliphatic rings. The van der Waals surface area contributed by atoms with Gasteiger partial charge in [-0.15, -0.1) is 0 Å². The maximum Gasteiger partial charge on any atom is 0.128 e. The van der Waals surface area contributed by atoms with Crippen molar-refractivity contribution >= 4 is 0 Å². The second kappa shape index (κ2) is 8.14. The van der Waals surface area contributed by atoms with Crippen LogP contribution in [0.2, 0.25) is 0 Å². The lowest BCUT2D eigenvalue weighted by Gasteiger charge is -2.26. The lowest BCUT2D eigenvalue weighted by atomic mass is 9.78. The first-order valence-electron chi connectivity index (χ1n) is 11.6. The summed E-state index contributed by atoms with van der Waals surface area (Å²) in [6.45, 7) is 14.2. The van der Waals surface area contributed by atoms with Gasteiger partial charge in [0.05, 0.1) is 12.2 Å². The highest BCUT2D eigenvalue weighted by Gasteiger charge is 2.53. The Kier molecular flexibility index (Phi) is 5.82. The van der Waals surface area contributed by atoms with Crippen molar-refractivity contribution in [3.05, 3.63) is 59.7 Å². The monoisotopic (exact) mass is 424 g/mol. The molecule has 2 saturated heterocycles. The van der Waals surface area contributed by atoms with Crippen LogP contribution in [0.4, 0.5) is 0 Å². The minimum atomic E-state index is -0.116. The van der Waals surface area contributed by atoms with Gasteiger partial charge >= 0.3 is 0 Å². The maximum atomic E-state index is 6.01. The third kappa shape index (κ3) is 4.33. The van der Waals surface area contributed by atoms with Gasteiger partial charge in [-0.2, -0.15) is 0 Å². The lowest BCUT2D eigenvalue weighted by molar-refractivity contribution is 0.184. The predicted octanol–water partition coefficient (Wildman–Crippen LogP) is 5.91. The van der Waals surface area contributed by atoms with Crippen molar-refractivity contribution in [1.29, 1.82) is 0 Å². The highest BCUT2D eigenvalue weighted by atomic mass is 16.6. The molecule has 2 fully saturated rings. The SMILES string of the molecule is CCC1(COc2ccc(C(C)(C)c3ccc(OCC4(CC)OC4C)cc3)cc2)OC1C. The van der Waals surface area contributed by atoms with E-state index in [-0.39, 0.29) is 28.8 Å². The molecule has 2 aromatic carbocycles. The van der Waals surface area contributed by atoms with Crippen molar-refractivity contribution in [2.45, 2.75) is 83.2 Å². The third-order valence-electron chi connectivity index (χ3n) is 7.51. The molecule has 4 rings (SSSR count). The molecule has 2 heterocycles. The van der Waals surface area contributed by atoms with Gasteiger partial charge in [0.2, 0.25) is 0 Å². The fraction of sp³-hybridized carbons (Fsp3) is 0.556. The van der Waals surface area contributed by atoms with Crippen molar-refractivity contribution in [3.8, 4) is 11.5 Å². The molecule has 0 aliphatic carbocycles. The first kappa shape index (κ1) is 22.2. The average Bonchev–Trinajstić information content (AvgIpc) is 3.66. The maximum absolute atomic E-state index is 6.01. The lowest BCUT2D eigenvalue weighted by Crippen LogP contribution is -2.23. The van der Waals surface area contributed by atoms with E-state index in [2.05, 4.69) is 90.1 Å². The van der Waals surface area contributed by atoms with Gasteiger partial charge in [-0.25, -0.2) is 0 Å². The third-order valence-corrected chi connectivity index (χ3v) is 7.51. The molecule has 4 atom stereocenters. The molecule has 0 amide bonds. The van der Waals surface area contributed by atoms with Crippen molar-refractivity contribution in [1.82, 2.24) is 0 Å². The second-order valence-corrected chi connectivity index (χ2v) is 9.61. The van der Waals surface area contributed by atoms with E-state index in [1.807, 2.05) is 0 Å². The van der Waals surface area contributed by atoms with E-state index in [4.69, 9.17) is 18.9 Å². The Balaban J connectivity index is 1.37. The van der Waals surface area contributed by atoms with Crippen LogP contribution < -0.4 is 9.47 Å². The summed E-state index contributed by atoms with van der Waals surface area (Å²) < 4.78 is 23.5. The van der Waals surface area contributed by atoms with Crippen LogP contribution in [-0.4, -0.2) is 36.6 Å². The number of rotatable bonds is 10. The van der Waals surface area contributed by atoms with Gasteiger partial charge in [-0.3, -0.25) is 0 Å². The summed E-state index contributed by atoms with van der Waals surface area (Å²) >= 11 is 0. The molecule has 4 nitrogen and oxygen atoms in total. The number of ether oxygens (including phenoxy) is 4. The molecular weight excluding hydrogens is 388 g/mol. The van der Waals surface area contributed by atoms with E-state index in [1.54, 1.807) is 0 Å². The van der Waals surface area contributed by atoms with Crippen molar-refractivity contribution < 1.29 is 18.9 Å². The normalized spacial score (nSPS) is 29.5. The number of hydrogen-bond acceptors (Lipinski definition) is 4. The largest absolute Gasteiger partial charge is 0.490 e. The molecule has 0 N–H and O–H groups in total. The molecule has 0 spiro atoms. The van der Waals surface area contributed by atoms with Crippen LogP contribution >= 0.6 is 0 Å². The Bertz CT molecular complexity index is 807. The Morgan fingerprint density at radius 2 is 1.03 bits per heavy atom. The van der Waals surface area contributed by atoms with E-state index >= 15 is 0 Å².